The number of aryl methyl sites for hydroxylation is 3. The number of amides is 2. The zero-order chi connectivity index (χ0) is 25.1. The topological polar surface area (TPSA) is 58.6 Å². The second-order valence-electron chi connectivity index (χ2n) is 8.17. The number of hydrogen-bond acceptors (Lipinski definition) is 5. The minimum absolute atomic E-state index is 0.123. The van der Waals surface area contributed by atoms with Crippen LogP contribution in [0.15, 0.2) is 65.6 Å². The molecule has 0 saturated carbocycles. The number of ether oxygens (including phenoxy) is 1. The molecular formula is C27H23FN2O3S2. The lowest BCUT2D eigenvalue weighted by atomic mass is 10.1. The van der Waals surface area contributed by atoms with Gasteiger partial charge >= 0.3 is 0 Å². The Morgan fingerprint density at radius 1 is 1.06 bits per heavy atom. The molecule has 1 aliphatic rings. The SMILES string of the molecule is Cc1cc(C)c(NC(=O)COc2ccc(/C=C3\SC(=S)N(c4ccc(F)cc4)C3=O)cc2)c(C)c1. The number of nitrogens with one attached hydrogen (secondary N) is 1. The first-order valence-electron chi connectivity index (χ1n) is 10.9. The van der Waals surface area contributed by atoms with Crippen LogP contribution in [-0.4, -0.2) is 22.7 Å². The van der Waals surface area contributed by atoms with Crippen molar-refractivity contribution in [2.24, 2.45) is 0 Å². The van der Waals surface area contributed by atoms with E-state index in [1.807, 2.05) is 32.9 Å². The molecule has 1 N–H and O–H groups in total. The molecule has 0 spiro atoms. The smallest absolute Gasteiger partial charge is 0.270 e. The summed E-state index contributed by atoms with van der Waals surface area (Å²) in [7, 11) is 0. The maximum Gasteiger partial charge on any atom is 0.270 e. The van der Waals surface area contributed by atoms with Crippen LogP contribution in [0.5, 0.6) is 5.75 Å². The van der Waals surface area contributed by atoms with E-state index in [0.717, 1.165) is 27.9 Å². The predicted molar refractivity (Wildman–Crippen MR) is 143 cm³/mol. The van der Waals surface area contributed by atoms with Crippen LogP contribution in [-0.2, 0) is 9.59 Å². The average Bonchev–Trinajstić information content (AvgIpc) is 3.09. The maximum atomic E-state index is 13.2. The maximum absolute atomic E-state index is 13.2. The number of nitrogens with zero attached hydrogens (tertiary/aromatic N) is 1. The van der Waals surface area contributed by atoms with E-state index in [1.54, 1.807) is 30.3 Å². The van der Waals surface area contributed by atoms with Gasteiger partial charge in [0.2, 0.25) is 0 Å². The van der Waals surface area contributed by atoms with Gasteiger partial charge in [0, 0.05) is 5.69 Å². The van der Waals surface area contributed by atoms with E-state index in [9.17, 15) is 14.0 Å². The van der Waals surface area contributed by atoms with E-state index in [-0.39, 0.29) is 24.2 Å². The summed E-state index contributed by atoms with van der Waals surface area (Å²) in [5.41, 5.74) is 5.27. The van der Waals surface area contributed by atoms with Gasteiger partial charge in [-0.15, -0.1) is 0 Å². The van der Waals surface area contributed by atoms with Gasteiger partial charge in [-0.3, -0.25) is 14.5 Å². The molecule has 178 valence electrons. The highest BCUT2D eigenvalue weighted by atomic mass is 32.2. The molecule has 0 bridgehead atoms. The molecule has 5 nitrogen and oxygen atoms in total. The van der Waals surface area contributed by atoms with Crippen molar-refractivity contribution in [3.8, 4) is 5.75 Å². The normalized spacial score (nSPS) is 14.5. The van der Waals surface area contributed by atoms with Crippen molar-refractivity contribution in [2.45, 2.75) is 20.8 Å². The van der Waals surface area contributed by atoms with Crippen molar-refractivity contribution in [3.63, 3.8) is 0 Å². The molecule has 8 heteroatoms. The van der Waals surface area contributed by atoms with E-state index in [1.165, 1.54) is 40.9 Å². The first kappa shape index (κ1) is 24.6. The molecule has 35 heavy (non-hydrogen) atoms. The lowest BCUT2D eigenvalue weighted by molar-refractivity contribution is -0.118. The molecule has 2 amide bonds. The van der Waals surface area contributed by atoms with Crippen LogP contribution in [0.1, 0.15) is 22.3 Å². The summed E-state index contributed by atoms with van der Waals surface area (Å²) in [6.45, 7) is 5.82. The van der Waals surface area contributed by atoms with Crippen molar-refractivity contribution in [1.82, 2.24) is 0 Å². The number of thiocarbonyl (C=S) groups is 1. The highest BCUT2D eigenvalue weighted by Gasteiger charge is 2.33. The van der Waals surface area contributed by atoms with E-state index in [4.69, 9.17) is 17.0 Å². The van der Waals surface area contributed by atoms with Crippen LogP contribution < -0.4 is 15.0 Å². The summed E-state index contributed by atoms with van der Waals surface area (Å²) in [5.74, 6) is -0.345. The van der Waals surface area contributed by atoms with Gasteiger partial charge < -0.3 is 10.1 Å². The third-order valence-electron chi connectivity index (χ3n) is 5.37. The molecule has 4 rings (SSSR count). The number of carbonyl (C=O) groups is 2. The van der Waals surface area contributed by atoms with Gasteiger partial charge in [-0.05, 0) is 79.9 Å². The van der Waals surface area contributed by atoms with Crippen molar-refractivity contribution in [2.75, 3.05) is 16.8 Å². The van der Waals surface area contributed by atoms with Gasteiger partial charge in [0.05, 0.1) is 10.6 Å². The second kappa shape index (κ2) is 10.4. The van der Waals surface area contributed by atoms with Gasteiger partial charge in [0.25, 0.3) is 11.8 Å². The fraction of sp³-hybridized carbons (Fsp3) is 0.148. The largest absolute Gasteiger partial charge is 0.484 e. The minimum Gasteiger partial charge on any atom is -0.484 e. The lowest BCUT2D eigenvalue weighted by Crippen LogP contribution is -2.27. The summed E-state index contributed by atoms with van der Waals surface area (Å²) >= 11 is 6.54. The fourth-order valence-electron chi connectivity index (χ4n) is 3.79. The van der Waals surface area contributed by atoms with E-state index < -0.39 is 0 Å². The van der Waals surface area contributed by atoms with Gasteiger partial charge in [-0.25, -0.2) is 4.39 Å². The van der Waals surface area contributed by atoms with E-state index in [0.29, 0.717) is 20.7 Å². The number of hydrogen-bond donors (Lipinski definition) is 1. The van der Waals surface area contributed by atoms with Crippen molar-refractivity contribution < 1.29 is 18.7 Å². The number of halogens is 1. The Morgan fingerprint density at radius 3 is 2.31 bits per heavy atom. The predicted octanol–water partition coefficient (Wildman–Crippen LogP) is 6.17. The molecule has 3 aromatic rings. The monoisotopic (exact) mass is 506 g/mol. The Kier molecular flexibility index (Phi) is 7.33. The first-order chi connectivity index (χ1) is 16.7. The van der Waals surface area contributed by atoms with Gasteiger partial charge in [-0.1, -0.05) is 53.8 Å². The molecule has 0 unspecified atom stereocenters. The highest BCUT2D eigenvalue weighted by molar-refractivity contribution is 8.27. The molecule has 1 fully saturated rings. The number of benzene rings is 3. The third-order valence-corrected chi connectivity index (χ3v) is 6.67. The quantitative estimate of drug-likeness (QED) is 0.320. The van der Waals surface area contributed by atoms with Crippen LogP contribution in [0.4, 0.5) is 15.8 Å². The third kappa shape index (κ3) is 5.78. The minimum atomic E-state index is -0.380. The lowest BCUT2D eigenvalue weighted by Gasteiger charge is -2.14. The molecule has 0 atom stereocenters. The zero-order valence-electron chi connectivity index (χ0n) is 19.4. The van der Waals surface area contributed by atoms with Crippen molar-refractivity contribution in [1.29, 1.82) is 0 Å². The zero-order valence-corrected chi connectivity index (χ0v) is 21.1. The van der Waals surface area contributed by atoms with Crippen LogP contribution in [0, 0.1) is 26.6 Å². The van der Waals surface area contributed by atoms with Gasteiger partial charge in [0.15, 0.2) is 10.9 Å². The van der Waals surface area contributed by atoms with E-state index >= 15 is 0 Å². The van der Waals surface area contributed by atoms with Gasteiger partial charge in [-0.2, -0.15) is 0 Å². The summed E-state index contributed by atoms with van der Waals surface area (Å²) in [5, 5.41) is 2.91. The summed E-state index contributed by atoms with van der Waals surface area (Å²) in [6.07, 6.45) is 1.74. The standard InChI is InChI=1S/C27H23FN2O3S2/c1-16-12-17(2)25(18(3)13-16)29-24(31)15-33-22-10-4-19(5-11-22)14-23-26(32)30(27(34)35-23)21-8-6-20(28)7-9-21/h4-14H,15H2,1-3H3,(H,29,31)/b23-14-. The Hall–Kier alpha value is -3.49. The molecule has 3 aromatic carbocycles. The summed E-state index contributed by atoms with van der Waals surface area (Å²) < 4.78 is 19.2. The summed E-state index contributed by atoms with van der Waals surface area (Å²) in [4.78, 5) is 27.1. The Labute approximate surface area is 213 Å². The van der Waals surface area contributed by atoms with Crippen LogP contribution >= 0.6 is 24.0 Å². The molecule has 0 radical (unpaired) electrons. The highest BCUT2D eigenvalue weighted by Crippen LogP contribution is 2.36. The van der Waals surface area contributed by atoms with Crippen molar-refractivity contribution in [3.05, 3.63) is 93.6 Å². The molecule has 1 aliphatic heterocycles. The number of anilines is 2. The van der Waals surface area contributed by atoms with Crippen molar-refractivity contribution >= 4 is 57.6 Å². The number of thioether (sulfide) groups is 1. The Balaban J connectivity index is 1.37. The van der Waals surface area contributed by atoms with Crippen LogP contribution in [0.2, 0.25) is 0 Å². The Morgan fingerprint density at radius 2 is 1.69 bits per heavy atom. The van der Waals surface area contributed by atoms with Gasteiger partial charge in [0.1, 0.15) is 11.6 Å². The number of rotatable bonds is 6. The molecular weight excluding hydrogens is 483 g/mol. The molecule has 1 heterocycles. The van der Waals surface area contributed by atoms with Crippen LogP contribution in [0.25, 0.3) is 6.08 Å². The average molecular weight is 507 g/mol. The fourth-order valence-corrected chi connectivity index (χ4v) is 5.09. The molecule has 1 saturated heterocycles. The number of carbonyl (C=O) groups excluding carboxylic acids is 2. The molecule has 0 aliphatic carbocycles. The second-order valence-corrected chi connectivity index (χ2v) is 9.85. The Bertz CT molecular complexity index is 1310. The van der Waals surface area contributed by atoms with Crippen LogP contribution in [0.3, 0.4) is 0 Å². The van der Waals surface area contributed by atoms with E-state index in [2.05, 4.69) is 5.32 Å². The first-order valence-corrected chi connectivity index (χ1v) is 12.1. The summed E-state index contributed by atoms with van der Waals surface area (Å²) in [6, 6.07) is 16.7. The molecule has 0 aromatic heterocycles.